The molecule has 0 unspecified atom stereocenters. The standard InChI is InChI=1S/C15H26O3/c1-9(2)11-6-5-10(3)12(16)7-8-15(4)14(18-15)13(11)17/h9,11-14,16-17H,3,5-8H2,1-2,4H3/t11-,12-,13-,14+,15+/m1/s1. The number of hydrogen-bond acceptors (Lipinski definition) is 3. The van der Waals surface area contributed by atoms with Crippen molar-refractivity contribution in [2.24, 2.45) is 11.8 Å². The molecule has 0 aromatic heterocycles. The van der Waals surface area contributed by atoms with E-state index in [-0.39, 0.29) is 17.6 Å². The lowest BCUT2D eigenvalue weighted by Gasteiger charge is -2.28. The summed E-state index contributed by atoms with van der Waals surface area (Å²) < 4.78 is 5.72. The van der Waals surface area contributed by atoms with Crippen LogP contribution in [-0.4, -0.2) is 34.1 Å². The Hall–Kier alpha value is -0.380. The van der Waals surface area contributed by atoms with Gasteiger partial charge >= 0.3 is 0 Å². The Bertz CT molecular complexity index is 326. The molecular formula is C15H26O3. The fourth-order valence-corrected chi connectivity index (χ4v) is 3.16. The molecule has 1 saturated heterocycles. The SMILES string of the molecule is C=C1CC[C@H](C(C)C)[C@@H](O)[C@@H]2O[C@@]2(C)CC[C@H]1O. The Balaban J connectivity index is 2.13. The zero-order valence-corrected chi connectivity index (χ0v) is 11.7. The molecule has 0 aromatic rings. The molecular weight excluding hydrogens is 228 g/mol. The van der Waals surface area contributed by atoms with Gasteiger partial charge in [0, 0.05) is 0 Å². The first-order valence-electron chi connectivity index (χ1n) is 7.07. The van der Waals surface area contributed by atoms with Gasteiger partial charge in [-0.15, -0.1) is 0 Å². The molecule has 2 aliphatic rings. The van der Waals surface area contributed by atoms with Crippen molar-refractivity contribution < 1.29 is 14.9 Å². The maximum absolute atomic E-state index is 10.5. The van der Waals surface area contributed by atoms with Gasteiger partial charge in [-0.1, -0.05) is 20.4 Å². The maximum atomic E-state index is 10.5. The molecule has 1 aliphatic heterocycles. The van der Waals surface area contributed by atoms with E-state index >= 15 is 0 Å². The van der Waals surface area contributed by atoms with Gasteiger partial charge in [0.05, 0.1) is 17.8 Å². The third-order valence-electron chi connectivity index (χ3n) is 4.73. The lowest BCUT2D eigenvalue weighted by atomic mass is 9.79. The molecule has 0 radical (unpaired) electrons. The highest BCUT2D eigenvalue weighted by Crippen LogP contribution is 2.47. The number of rotatable bonds is 1. The summed E-state index contributed by atoms with van der Waals surface area (Å²) in [5.41, 5.74) is 0.654. The van der Waals surface area contributed by atoms with E-state index in [1.165, 1.54) is 0 Å². The molecule has 2 fully saturated rings. The zero-order chi connectivity index (χ0) is 13.5. The minimum absolute atomic E-state index is 0.0523. The van der Waals surface area contributed by atoms with Crippen LogP contribution in [0, 0.1) is 11.8 Å². The molecule has 2 N–H and O–H groups in total. The van der Waals surface area contributed by atoms with E-state index < -0.39 is 12.2 Å². The normalized spacial score (nSPS) is 45.8. The zero-order valence-electron chi connectivity index (χ0n) is 11.7. The maximum Gasteiger partial charge on any atom is 0.113 e. The van der Waals surface area contributed by atoms with Gasteiger partial charge in [0.25, 0.3) is 0 Å². The second-order valence-corrected chi connectivity index (χ2v) is 6.50. The van der Waals surface area contributed by atoms with E-state index in [4.69, 9.17) is 4.74 Å². The molecule has 1 saturated carbocycles. The fourth-order valence-electron chi connectivity index (χ4n) is 3.16. The molecule has 2 rings (SSSR count). The van der Waals surface area contributed by atoms with E-state index in [0.29, 0.717) is 12.3 Å². The van der Waals surface area contributed by atoms with Gasteiger partial charge in [0.2, 0.25) is 0 Å². The third-order valence-corrected chi connectivity index (χ3v) is 4.73. The molecule has 0 amide bonds. The van der Waals surface area contributed by atoms with Gasteiger partial charge in [-0.05, 0) is 50.0 Å². The number of ether oxygens (including phenoxy) is 1. The lowest BCUT2D eigenvalue weighted by molar-refractivity contribution is 0.0492. The van der Waals surface area contributed by atoms with Crippen molar-refractivity contribution in [3.8, 4) is 0 Å². The Labute approximate surface area is 110 Å². The van der Waals surface area contributed by atoms with Gasteiger partial charge in [0.15, 0.2) is 0 Å². The van der Waals surface area contributed by atoms with Crippen LogP contribution in [0.25, 0.3) is 0 Å². The van der Waals surface area contributed by atoms with Crippen LogP contribution in [0.15, 0.2) is 12.2 Å². The molecule has 0 spiro atoms. The summed E-state index contributed by atoms with van der Waals surface area (Å²) in [5, 5.41) is 20.5. The first kappa shape index (κ1) is 14.0. The molecule has 0 aromatic carbocycles. The van der Waals surface area contributed by atoms with Gasteiger partial charge in [-0.25, -0.2) is 0 Å². The van der Waals surface area contributed by atoms with Crippen LogP contribution in [0.5, 0.6) is 0 Å². The molecule has 3 nitrogen and oxygen atoms in total. The first-order chi connectivity index (χ1) is 8.35. The summed E-state index contributed by atoms with van der Waals surface area (Å²) in [6.45, 7) is 10.3. The van der Waals surface area contributed by atoms with Crippen molar-refractivity contribution in [3.05, 3.63) is 12.2 Å². The number of aliphatic hydroxyl groups excluding tert-OH is 2. The first-order valence-corrected chi connectivity index (χ1v) is 7.07. The van der Waals surface area contributed by atoms with E-state index in [9.17, 15) is 10.2 Å². The molecule has 104 valence electrons. The van der Waals surface area contributed by atoms with Crippen molar-refractivity contribution >= 4 is 0 Å². The summed E-state index contributed by atoms with van der Waals surface area (Å²) in [6.07, 6.45) is 2.29. The van der Waals surface area contributed by atoms with Gasteiger partial charge in [-0.2, -0.15) is 0 Å². The van der Waals surface area contributed by atoms with Crippen LogP contribution in [-0.2, 0) is 4.74 Å². The summed E-state index contributed by atoms with van der Waals surface area (Å²) in [4.78, 5) is 0. The Morgan fingerprint density at radius 1 is 1.33 bits per heavy atom. The molecule has 1 aliphatic carbocycles. The van der Waals surface area contributed by atoms with E-state index in [1.54, 1.807) is 0 Å². The molecule has 18 heavy (non-hydrogen) atoms. The fraction of sp³-hybridized carbons (Fsp3) is 0.867. The highest BCUT2D eigenvalue weighted by atomic mass is 16.6. The Kier molecular flexibility index (Phi) is 3.86. The highest BCUT2D eigenvalue weighted by Gasteiger charge is 2.57. The molecule has 5 atom stereocenters. The molecule has 3 heteroatoms. The van der Waals surface area contributed by atoms with Gasteiger partial charge in [0.1, 0.15) is 6.10 Å². The second kappa shape index (κ2) is 4.95. The van der Waals surface area contributed by atoms with Crippen LogP contribution in [0.2, 0.25) is 0 Å². The van der Waals surface area contributed by atoms with Crippen LogP contribution in [0.4, 0.5) is 0 Å². The molecule has 1 heterocycles. The largest absolute Gasteiger partial charge is 0.390 e. The van der Waals surface area contributed by atoms with Crippen molar-refractivity contribution in [2.75, 3.05) is 0 Å². The Morgan fingerprint density at radius 3 is 2.61 bits per heavy atom. The topological polar surface area (TPSA) is 53.0 Å². The van der Waals surface area contributed by atoms with Crippen LogP contribution < -0.4 is 0 Å². The third kappa shape index (κ3) is 2.63. The average Bonchev–Trinajstić information content (AvgIpc) is 2.97. The highest BCUT2D eigenvalue weighted by molar-refractivity contribution is 5.10. The van der Waals surface area contributed by atoms with E-state index in [0.717, 1.165) is 24.8 Å². The van der Waals surface area contributed by atoms with Crippen LogP contribution in [0.1, 0.15) is 46.5 Å². The monoisotopic (exact) mass is 254 g/mol. The Morgan fingerprint density at radius 2 is 2.00 bits per heavy atom. The summed E-state index contributed by atoms with van der Waals surface area (Å²) in [6, 6.07) is 0. The summed E-state index contributed by atoms with van der Waals surface area (Å²) in [5.74, 6) is 0.636. The predicted molar refractivity (Wildman–Crippen MR) is 71.2 cm³/mol. The van der Waals surface area contributed by atoms with Gasteiger partial charge in [-0.3, -0.25) is 0 Å². The van der Waals surface area contributed by atoms with Gasteiger partial charge < -0.3 is 14.9 Å². The number of aliphatic hydroxyl groups is 2. The van der Waals surface area contributed by atoms with Crippen LogP contribution in [0.3, 0.4) is 0 Å². The van der Waals surface area contributed by atoms with E-state index in [1.807, 2.05) is 6.92 Å². The average molecular weight is 254 g/mol. The van der Waals surface area contributed by atoms with Crippen molar-refractivity contribution in [3.63, 3.8) is 0 Å². The van der Waals surface area contributed by atoms with Crippen molar-refractivity contribution in [1.82, 2.24) is 0 Å². The predicted octanol–water partition coefficient (Wildman–Crippen LogP) is 2.27. The number of fused-ring (bicyclic) bond motifs is 1. The summed E-state index contributed by atoms with van der Waals surface area (Å²) >= 11 is 0. The molecule has 0 bridgehead atoms. The minimum Gasteiger partial charge on any atom is -0.390 e. The van der Waals surface area contributed by atoms with E-state index in [2.05, 4.69) is 20.4 Å². The smallest absolute Gasteiger partial charge is 0.113 e. The lowest BCUT2D eigenvalue weighted by Crippen LogP contribution is -2.34. The van der Waals surface area contributed by atoms with Crippen molar-refractivity contribution in [1.29, 1.82) is 0 Å². The van der Waals surface area contributed by atoms with Crippen molar-refractivity contribution in [2.45, 2.75) is 70.4 Å². The second-order valence-electron chi connectivity index (χ2n) is 6.50. The number of hydrogen-bond donors (Lipinski definition) is 2. The number of epoxide rings is 1. The summed E-state index contributed by atoms with van der Waals surface area (Å²) in [7, 11) is 0. The quantitative estimate of drug-likeness (QED) is 0.557. The van der Waals surface area contributed by atoms with Crippen LogP contribution >= 0.6 is 0 Å². The minimum atomic E-state index is -0.422.